The van der Waals surface area contributed by atoms with Crippen LogP contribution in [0.1, 0.15) is 63.7 Å². The molecule has 0 saturated carbocycles. The van der Waals surface area contributed by atoms with Gasteiger partial charge < -0.3 is 24.8 Å². The van der Waals surface area contributed by atoms with Crippen molar-refractivity contribution >= 4 is 17.8 Å². The first-order valence-electron chi connectivity index (χ1n) is 15.1. The van der Waals surface area contributed by atoms with Crippen molar-refractivity contribution in [1.29, 1.82) is 0 Å². The van der Waals surface area contributed by atoms with E-state index in [1.807, 2.05) is 87.5 Å². The van der Waals surface area contributed by atoms with E-state index >= 15 is 0 Å². The Labute approximate surface area is 264 Å². The Bertz CT molecular complexity index is 1630. The van der Waals surface area contributed by atoms with Crippen LogP contribution in [0.3, 0.4) is 0 Å². The standard InChI is InChI=1S/C37H40N2O6/c1-5-45-34-24-27(16-19-33(34)44-4)20-22-39(23-21-35(40)41)37(43)32-13-9-7-11-30(32)29-10-6-8-12-31(29)36(42)38-26(3)28-17-14-25(2)15-18-28/h6-19,24,26H,5,20-23H2,1-4H3,(H,38,42)(H,40,41)/t26-/m1/s1. The van der Waals surface area contributed by atoms with E-state index in [-0.39, 0.29) is 37.4 Å². The van der Waals surface area contributed by atoms with Gasteiger partial charge in [0, 0.05) is 24.2 Å². The Morgan fingerprint density at radius 1 is 0.844 bits per heavy atom. The van der Waals surface area contributed by atoms with Gasteiger partial charge >= 0.3 is 5.97 Å². The number of hydrogen-bond donors (Lipinski definition) is 2. The van der Waals surface area contributed by atoms with Crippen molar-refractivity contribution in [3.8, 4) is 22.6 Å². The Morgan fingerprint density at radius 2 is 1.49 bits per heavy atom. The molecular formula is C37H40N2O6. The van der Waals surface area contributed by atoms with E-state index in [9.17, 15) is 19.5 Å². The predicted molar refractivity (Wildman–Crippen MR) is 175 cm³/mol. The minimum absolute atomic E-state index is 0.0349. The number of carbonyl (C=O) groups is 3. The van der Waals surface area contributed by atoms with Crippen LogP contribution in [0.4, 0.5) is 0 Å². The number of ether oxygens (including phenoxy) is 2. The van der Waals surface area contributed by atoms with Crippen molar-refractivity contribution in [3.63, 3.8) is 0 Å². The highest BCUT2D eigenvalue weighted by Gasteiger charge is 2.23. The summed E-state index contributed by atoms with van der Waals surface area (Å²) in [4.78, 5) is 40.8. The zero-order chi connectivity index (χ0) is 32.3. The summed E-state index contributed by atoms with van der Waals surface area (Å²) in [5.74, 6) is -0.335. The Hall–Kier alpha value is -5.11. The molecule has 8 heteroatoms. The number of rotatable bonds is 14. The van der Waals surface area contributed by atoms with Crippen LogP contribution in [-0.2, 0) is 11.2 Å². The van der Waals surface area contributed by atoms with Gasteiger partial charge in [0.1, 0.15) is 0 Å². The number of carboxylic acids is 1. The lowest BCUT2D eigenvalue weighted by molar-refractivity contribution is -0.137. The summed E-state index contributed by atoms with van der Waals surface area (Å²) in [6.07, 6.45) is 0.282. The minimum Gasteiger partial charge on any atom is -0.493 e. The predicted octanol–water partition coefficient (Wildman–Crippen LogP) is 6.72. The number of aliphatic carboxylic acids is 1. The molecule has 4 aromatic rings. The molecule has 1 atom stereocenters. The van der Waals surface area contributed by atoms with E-state index in [4.69, 9.17) is 9.47 Å². The molecular weight excluding hydrogens is 568 g/mol. The molecule has 2 amide bonds. The molecule has 4 rings (SSSR count). The van der Waals surface area contributed by atoms with Crippen molar-refractivity contribution in [2.75, 3.05) is 26.8 Å². The van der Waals surface area contributed by atoms with E-state index in [2.05, 4.69) is 5.32 Å². The smallest absolute Gasteiger partial charge is 0.305 e. The van der Waals surface area contributed by atoms with Crippen LogP contribution in [-0.4, -0.2) is 54.6 Å². The topological polar surface area (TPSA) is 105 Å². The molecule has 4 aromatic carbocycles. The number of carboxylic acid groups (broad SMARTS) is 1. The molecule has 0 aromatic heterocycles. The SMILES string of the molecule is CCOc1cc(CCN(CCC(=O)O)C(=O)c2ccccc2-c2ccccc2C(=O)N[C@H](C)c2ccc(C)cc2)ccc1OC. The molecule has 0 radical (unpaired) electrons. The maximum absolute atomic E-state index is 14.1. The first-order chi connectivity index (χ1) is 21.7. The Balaban J connectivity index is 1.61. The van der Waals surface area contributed by atoms with Crippen LogP contribution < -0.4 is 14.8 Å². The zero-order valence-electron chi connectivity index (χ0n) is 26.2. The van der Waals surface area contributed by atoms with E-state index in [0.29, 0.717) is 46.8 Å². The quantitative estimate of drug-likeness (QED) is 0.165. The van der Waals surface area contributed by atoms with Gasteiger partial charge in [-0.1, -0.05) is 72.3 Å². The summed E-state index contributed by atoms with van der Waals surface area (Å²) in [5.41, 5.74) is 5.09. The second kappa shape index (κ2) is 15.6. The van der Waals surface area contributed by atoms with Crippen molar-refractivity contribution in [1.82, 2.24) is 10.2 Å². The molecule has 45 heavy (non-hydrogen) atoms. The summed E-state index contributed by atoms with van der Waals surface area (Å²) < 4.78 is 11.1. The molecule has 0 fully saturated rings. The number of nitrogens with one attached hydrogen (secondary N) is 1. The van der Waals surface area contributed by atoms with Crippen LogP contribution >= 0.6 is 0 Å². The number of amides is 2. The Morgan fingerprint density at radius 3 is 2.13 bits per heavy atom. The van der Waals surface area contributed by atoms with Crippen molar-refractivity contribution in [3.05, 3.63) is 119 Å². The monoisotopic (exact) mass is 608 g/mol. The highest BCUT2D eigenvalue weighted by molar-refractivity contribution is 6.06. The molecule has 0 bridgehead atoms. The largest absolute Gasteiger partial charge is 0.493 e. The van der Waals surface area contributed by atoms with Crippen LogP contribution in [0, 0.1) is 6.92 Å². The fourth-order valence-electron chi connectivity index (χ4n) is 5.16. The van der Waals surface area contributed by atoms with Crippen LogP contribution in [0.15, 0.2) is 91.0 Å². The summed E-state index contributed by atoms with van der Waals surface area (Å²) in [5, 5.41) is 12.5. The summed E-state index contributed by atoms with van der Waals surface area (Å²) in [6, 6.07) is 27.7. The van der Waals surface area contributed by atoms with Gasteiger partial charge in [0.05, 0.1) is 26.2 Å². The molecule has 0 spiro atoms. The van der Waals surface area contributed by atoms with Gasteiger partial charge in [-0.05, 0) is 73.7 Å². The fourth-order valence-corrected chi connectivity index (χ4v) is 5.16. The third kappa shape index (κ3) is 8.50. The van der Waals surface area contributed by atoms with Gasteiger partial charge in [-0.3, -0.25) is 14.4 Å². The van der Waals surface area contributed by atoms with Gasteiger partial charge in [0.2, 0.25) is 0 Å². The van der Waals surface area contributed by atoms with Crippen LogP contribution in [0.2, 0.25) is 0 Å². The number of hydrogen-bond acceptors (Lipinski definition) is 5. The third-order valence-corrected chi connectivity index (χ3v) is 7.63. The van der Waals surface area contributed by atoms with Crippen LogP contribution in [0.5, 0.6) is 11.5 Å². The van der Waals surface area contributed by atoms with Crippen LogP contribution in [0.25, 0.3) is 11.1 Å². The van der Waals surface area contributed by atoms with Gasteiger partial charge in [0.15, 0.2) is 11.5 Å². The average molecular weight is 609 g/mol. The number of nitrogens with zero attached hydrogens (tertiary/aromatic N) is 1. The second-order valence-electron chi connectivity index (χ2n) is 10.8. The maximum Gasteiger partial charge on any atom is 0.305 e. The number of benzene rings is 4. The van der Waals surface area contributed by atoms with Gasteiger partial charge in [0.25, 0.3) is 11.8 Å². The minimum atomic E-state index is -0.992. The number of aryl methyl sites for hydroxylation is 1. The first-order valence-corrected chi connectivity index (χ1v) is 15.1. The molecule has 0 aliphatic carbocycles. The lowest BCUT2D eigenvalue weighted by Gasteiger charge is -2.24. The van der Waals surface area contributed by atoms with Gasteiger partial charge in [-0.15, -0.1) is 0 Å². The summed E-state index contributed by atoms with van der Waals surface area (Å²) >= 11 is 0. The first kappa shape index (κ1) is 32.8. The highest BCUT2D eigenvalue weighted by Crippen LogP contribution is 2.30. The Kier molecular flexibility index (Phi) is 11.3. The third-order valence-electron chi connectivity index (χ3n) is 7.63. The summed E-state index contributed by atoms with van der Waals surface area (Å²) in [7, 11) is 1.58. The molecule has 8 nitrogen and oxygen atoms in total. The second-order valence-corrected chi connectivity index (χ2v) is 10.8. The maximum atomic E-state index is 14.1. The normalized spacial score (nSPS) is 11.4. The van der Waals surface area contributed by atoms with Gasteiger partial charge in [-0.2, -0.15) is 0 Å². The van der Waals surface area contributed by atoms with Gasteiger partial charge in [-0.25, -0.2) is 0 Å². The molecule has 0 saturated heterocycles. The number of methoxy groups -OCH3 is 1. The highest BCUT2D eigenvalue weighted by atomic mass is 16.5. The molecule has 0 aliphatic rings. The molecule has 234 valence electrons. The van der Waals surface area contributed by atoms with E-state index in [1.165, 1.54) is 0 Å². The van der Waals surface area contributed by atoms with Crippen molar-refractivity contribution < 1.29 is 29.0 Å². The molecule has 2 N–H and O–H groups in total. The lowest BCUT2D eigenvalue weighted by Crippen LogP contribution is -2.35. The van der Waals surface area contributed by atoms with E-state index in [1.54, 1.807) is 36.3 Å². The van der Waals surface area contributed by atoms with E-state index in [0.717, 1.165) is 16.7 Å². The summed E-state index contributed by atoms with van der Waals surface area (Å²) in [6.45, 7) is 6.64. The lowest BCUT2D eigenvalue weighted by atomic mass is 9.94. The average Bonchev–Trinajstić information content (AvgIpc) is 3.05. The van der Waals surface area contributed by atoms with E-state index < -0.39 is 5.97 Å². The number of carbonyl (C=O) groups excluding carboxylic acids is 2. The van der Waals surface area contributed by atoms with Crippen molar-refractivity contribution in [2.24, 2.45) is 0 Å². The zero-order valence-corrected chi connectivity index (χ0v) is 26.2. The molecule has 0 aliphatic heterocycles. The molecule has 0 unspecified atom stereocenters. The molecule has 0 heterocycles. The fraction of sp³-hybridized carbons (Fsp3) is 0.270. The van der Waals surface area contributed by atoms with Crippen molar-refractivity contribution in [2.45, 2.75) is 39.7 Å².